The minimum absolute atomic E-state index is 0.0623. The van der Waals surface area contributed by atoms with Gasteiger partial charge < -0.3 is 9.64 Å². The van der Waals surface area contributed by atoms with Gasteiger partial charge in [0.1, 0.15) is 5.69 Å². The molecule has 1 N–H and O–H groups in total. The van der Waals surface area contributed by atoms with Crippen LogP contribution in [0.25, 0.3) is 0 Å². The van der Waals surface area contributed by atoms with Crippen molar-refractivity contribution in [3.63, 3.8) is 0 Å². The lowest BCUT2D eigenvalue weighted by Gasteiger charge is -2.34. The summed E-state index contributed by atoms with van der Waals surface area (Å²) in [5.74, 6) is -0.0623. The number of aromatic nitrogens is 4. The Morgan fingerprint density at radius 2 is 2.43 bits per heavy atom. The molecule has 0 aliphatic carbocycles. The second-order valence-corrected chi connectivity index (χ2v) is 5.07. The largest absolute Gasteiger partial charge is 0.377 e. The van der Waals surface area contributed by atoms with Crippen LogP contribution in [-0.2, 0) is 11.3 Å². The molecule has 0 radical (unpaired) electrons. The van der Waals surface area contributed by atoms with E-state index in [1.807, 2.05) is 12.3 Å². The highest BCUT2D eigenvalue weighted by molar-refractivity contribution is 5.92. The highest BCUT2D eigenvalue weighted by Gasteiger charge is 2.31. The number of amides is 1. The van der Waals surface area contributed by atoms with Gasteiger partial charge in [0.2, 0.25) is 0 Å². The third-order valence-corrected chi connectivity index (χ3v) is 3.58. The minimum Gasteiger partial charge on any atom is -0.377 e. The molecule has 1 atom stereocenters. The van der Waals surface area contributed by atoms with Gasteiger partial charge in [-0.15, -0.1) is 0 Å². The van der Waals surface area contributed by atoms with Crippen molar-refractivity contribution >= 4 is 5.91 Å². The molecule has 7 heteroatoms. The lowest BCUT2D eigenvalue weighted by atomic mass is 10.1. The highest BCUT2D eigenvalue weighted by atomic mass is 16.5. The highest BCUT2D eigenvalue weighted by Crippen LogP contribution is 2.23. The summed E-state index contributed by atoms with van der Waals surface area (Å²) < 4.78 is 7.30. The summed E-state index contributed by atoms with van der Waals surface area (Å²) in [4.78, 5) is 14.5. The molecule has 7 nitrogen and oxygen atoms in total. The number of carbonyl (C=O) groups is 1. The first-order valence-corrected chi connectivity index (χ1v) is 7.21. The number of nitrogens with one attached hydrogen (secondary N) is 1. The Morgan fingerprint density at radius 3 is 3.19 bits per heavy atom. The van der Waals surface area contributed by atoms with E-state index >= 15 is 0 Å². The molecule has 1 aliphatic heterocycles. The Kier molecular flexibility index (Phi) is 4.01. The predicted molar refractivity (Wildman–Crippen MR) is 75.7 cm³/mol. The first-order valence-electron chi connectivity index (χ1n) is 7.21. The van der Waals surface area contributed by atoms with Gasteiger partial charge in [-0.05, 0) is 18.6 Å². The number of hydrogen-bond donors (Lipinski definition) is 1. The molecular weight excluding hydrogens is 270 g/mol. The maximum atomic E-state index is 12.7. The van der Waals surface area contributed by atoms with E-state index in [-0.39, 0.29) is 11.9 Å². The van der Waals surface area contributed by atoms with Gasteiger partial charge in [0.05, 0.1) is 24.9 Å². The van der Waals surface area contributed by atoms with E-state index < -0.39 is 0 Å². The molecule has 1 aliphatic rings. The first kappa shape index (κ1) is 13.8. The summed E-state index contributed by atoms with van der Waals surface area (Å²) in [6.07, 6.45) is 4.52. The fraction of sp³-hybridized carbons (Fsp3) is 0.500. The second kappa shape index (κ2) is 6.09. The zero-order chi connectivity index (χ0) is 14.7. The molecule has 21 heavy (non-hydrogen) atoms. The van der Waals surface area contributed by atoms with Crippen molar-refractivity contribution in [2.24, 2.45) is 0 Å². The van der Waals surface area contributed by atoms with Gasteiger partial charge in [-0.2, -0.15) is 10.2 Å². The topological polar surface area (TPSA) is 76.0 Å². The average molecular weight is 289 g/mol. The molecule has 1 unspecified atom stereocenters. The van der Waals surface area contributed by atoms with E-state index in [9.17, 15) is 4.79 Å². The number of morpholine rings is 1. The number of aryl methyl sites for hydroxylation is 1. The molecule has 3 rings (SSSR count). The lowest BCUT2D eigenvalue weighted by Crippen LogP contribution is -2.43. The van der Waals surface area contributed by atoms with Crippen LogP contribution in [0.5, 0.6) is 0 Å². The van der Waals surface area contributed by atoms with Crippen LogP contribution >= 0.6 is 0 Å². The average Bonchev–Trinajstić information content (AvgIpc) is 3.18. The molecule has 1 amide bonds. The van der Waals surface area contributed by atoms with E-state index in [0.717, 1.165) is 18.7 Å². The summed E-state index contributed by atoms with van der Waals surface area (Å²) in [5, 5.41) is 11.2. The smallest absolute Gasteiger partial charge is 0.275 e. The normalized spacial score (nSPS) is 18.9. The Hall–Kier alpha value is -2.15. The van der Waals surface area contributed by atoms with Crippen molar-refractivity contribution in [3.05, 3.63) is 35.9 Å². The Balaban J connectivity index is 1.80. The van der Waals surface area contributed by atoms with E-state index in [1.54, 1.807) is 21.8 Å². The zero-order valence-electron chi connectivity index (χ0n) is 12.0. The van der Waals surface area contributed by atoms with Crippen LogP contribution in [0.15, 0.2) is 24.5 Å². The molecule has 3 heterocycles. The second-order valence-electron chi connectivity index (χ2n) is 5.07. The number of hydrogen-bond acceptors (Lipinski definition) is 4. The summed E-state index contributed by atoms with van der Waals surface area (Å²) in [6, 6.07) is 3.51. The van der Waals surface area contributed by atoms with Crippen molar-refractivity contribution < 1.29 is 9.53 Å². The van der Waals surface area contributed by atoms with E-state index in [4.69, 9.17) is 4.74 Å². The molecule has 112 valence electrons. The fourth-order valence-corrected chi connectivity index (χ4v) is 2.53. The van der Waals surface area contributed by atoms with Crippen LogP contribution in [0.2, 0.25) is 0 Å². The maximum Gasteiger partial charge on any atom is 0.275 e. The molecule has 2 aromatic rings. The number of nitrogens with zero attached hydrogens (tertiary/aromatic N) is 4. The third kappa shape index (κ3) is 2.82. The fourth-order valence-electron chi connectivity index (χ4n) is 2.53. The maximum absolute atomic E-state index is 12.7. The van der Waals surface area contributed by atoms with Gasteiger partial charge in [-0.1, -0.05) is 6.92 Å². The number of H-pyrrole nitrogens is 1. The first-order chi connectivity index (χ1) is 10.3. The van der Waals surface area contributed by atoms with Gasteiger partial charge in [-0.3, -0.25) is 14.6 Å². The summed E-state index contributed by atoms with van der Waals surface area (Å²) >= 11 is 0. The molecule has 0 spiro atoms. The number of carbonyl (C=O) groups excluding carboxylic acids is 1. The Labute approximate surface area is 122 Å². The van der Waals surface area contributed by atoms with Crippen LogP contribution in [0.3, 0.4) is 0 Å². The van der Waals surface area contributed by atoms with Crippen LogP contribution in [0, 0.1) is 0 Å². The number of aromatic amines is 1. The van der Waals surface area contributed by atoms with Crippen LogP contribution < -0.4 is 0 Å². The molecule has 0 bridgehead atoms. The van der Waals surface area contributed by atoms with Crippen molar-refractivity contribution in [3.8, 4) is 0 Å². The van der Waals surface area contributed by atoms with Crippen LogP contribution in [0.1, 0.15) is 35.6 Å². The predicted octanol–water partition coefficient (Wildman–Crippen LogP) is 1.23. The Bertz CT molecular complexity index is 592. The molecule has 2 aromatic heterocycles. The molecule has 1 fully saturated rings. The standard InChI is InChI=1S/C14H19N5O2/c1-2-6-18-7-4-12(17-18)14(20)19-8-9-21-10-13(19)11-3-5-15-16-11/h3-5,7,13H,2,6,8-10H2,1H3,(H,15,16). The van der Waals surface area contributed by atoms with Crippen molar-refractivity contribution in [2.75, 3.05) is 19.8 Å². The number of rotatable bonds is 4. The summed E-state index contributed by atoms with van der Waals surface area (Å²) in [7, 11) is 0. The minimum atomic E-state index is -0.134. The quantitative estimate of drug-likeness (QED) is 0.918. The van der Waals surface area contributed by atoms with Gasteiger partial charge in [0, 0.05) is 25.5 Å². The van der Waals surface area contributed by atoms with Gasteiger partial charge in [-0.25, -0.2) is 0 Å². The SMILES string of the molecule is CCCn1ccc(C(=O)N2CCOCC2c2ccn[nH]2)n1. The van der Waals surface area contributed by atoms with E-state index in [1.165, 1.54) is 0 Å². The third-order valence-electron chi connectivity index (χ3n) is 3.58. The number of ether oxygens (including phenoxy) is 1. The van der Waals surface area contributed by atoms with E-state index in [0.29, 0.717) is 25.5 Å². The monoisotopic (exact) mass is 289 g/mol. The molecule has 1 saturated heterocycles. The molecule has 0 aromatic carbocycles. The Morgan fingerprint density at radius 1 is 1.52 bits per heavy atom. The summed E-state index contributed by atoms with van der Waals surface area (Å²) in [6.45, 7) is 4.48. The molecule has 0 saturated carbocycles. The summed E-state index contributed by atoms with van der Waals surface area (Å²) in [5.41, 5.74) is 1.37. The van der Waals surface area contributed by atoms with Crippen LogP contribution in [0.4, 0.5) is 0 Å². The van der Waals surface area contributed by atoms with Gasteiger partial charge in [0.25, 0.3) is 5.91 Å². The van der Waals surface area contributed by atoms with Crippen molar-refractivity contribution in [1.82, 2.24) is 24.9 Å². The molecular formula is C14H19N5O2. The van der Waals surface area contributed by atoms with Crippen LogP contribution in [-0.4, -0.2) is 50.5 Å². The van der Waals surface area contributed by atoms with Crippen molar-refractivity contribution in [2.45, 2.75) is 25.9 Å². The lowest BCUT2D eigenvalue weighted by molar-refractivity contribution is -0.00426. The van der Waals surface area contributed by atoms with Gasteiger partial charge in [0.15, 0.2) is 0 Å². The van der Waals surface area contributed by atoms with Gasteiger partial charge >= 0.3 is 0 Å². The zero-order valence-corrected chi connectivity index (χ0v) is 12.0. The van der Waals surface area contributed by atoms with Crippen molar-refractivity contribution in [1.29, 1.82) is 0 Å². The van der Waals surface area contributed by atoms with E-state index in [2.05, 4.69) is 22.2 Å².